The van der Waals surface area contributed by atoms with Crippen molar-refractivity contribution >= 4 is 6.08 Å². The van der Waals surface area contributed by atoms with Gasteiger partial charge in [0.2, 0.25) is 12.0 Å². The Hall–Kier alpha value is -1.79. The molecule has 76 valence electrons. The van der Waals surface area contributed by atoms with Crippen molar-refractivity contribution in [2.45, 2.75) is 6.18 Å². The molecule has 0 saturated carbocycles. The van der Waals surface area contributed by atoms with E-state index in [0.717, 1.165) is 12.1 Å². The zero-order valence-electron chi connectivity index (χ0n) is 6.62. The summed E-state index contributed by atoms with van der Waals surface area (Å²) in [6.07, 6.45) is -3.23. The standard InChI is InChI=1S/C7H4F3NO3/c8-7(9,10)6-2-1-5(14-6)3-4-11(12)13/h1-4H/b4-3+. The number of nitrogens with zero attached hydrogens (tertiary/aromatic N) is 1. The molecule has 0 aliphatic carbocycles. The molecule has 0 N–H and O–H groups in total. The summed E-state index contributed by atoms with van der Waals surface area (Å²) in [5.41, 5.74) is 0. The molecule has 1 aromatic rings. The van der Waals surface area contributed by atoms with Crippen LogP contribution in [0.25, 0.3) is 6.08 Å². The van der Waals surface area contributed by atoms with E-state index in [0.29, 0.717) is 12.3 Å². The van der Waals surface area contributed by atoms with E-state index in [-0.39, 0.29) is 5.76 Å². The fourth-order valence-corrected chi connectivity index (χ4v) is 0.729. The van der Waals surface area contributed by atoms with E-state index in [1.807, 2.05) is 0 Å². The molecule has 1 heterocycles. The van der Waals surface area contributed by atoms with E-state index in [1.54, 1.807) is 0 Å². The highest BCUT2D eigenvalue weighted by Gasteiger charge is 2.34. The number of hydrogen-bond donors (Lipinski definition) is 0. The number of hydrogen-bond acceptors (Lipinski definition) is 3. The molecule has 7 heteroatoms. The van der Waals surface area contributed by atoms with E-state index < -0.39 is 16.9 Å². The second-order valence-corrected chi connectivity index (χ2v) is 2.30. The first-order chi connectivity index (χ1) is 6.39. The quantitative estimate of drug-likeness (QED) is 0.553. The maximum atomic E-state index is 11.9. The minimum atomic E-state index is -4.57. The molecule has 1 rings (SSSR count). The van der Waals surface area contributed by atoms with Crippen molar-refractivity contribution in [3.8, 4) is 0 Å². The van der Waals surface area contributed by atoms with Gasteiger partial charge < -0.3 is 4.42 Å². The second-order valence-electron chi connectivity index (χ2n) is 2.30. The predicted octanol–water partition coefficient (Wildman–Crippen LogP) is 2.55. The van der Waals surface area contributed by atoms with Gasteiger partial charge in [0.25, 0.3) is 0 Å². The Labute approximate surface area is 75.8 Å². The third kappa shape index (κ3) is 2.61. The molecule has 0 bridgehead atoms. The Morgan fingerprint density at radius 3 is 2.50 bits per heavy atom. The van der Waals surface area contributed by atoms with Crippen molar-refractivity contribution in [1.82, 2.24) is 0 Å². The molecule has 0 amide bonds. The first kappa shape index (κ1) is 10.3. The lowest BCUT2D eigenvalue weighted by atomic mass is 10.4. The number of furan rings is 1. The van der Waals surface area contributed by atoms with Crippen LogP contribution < -0.4 is 0 Å². The van der Waals surface area contributed by atoms with Gasteiger partial charge in [0.15, 0.2) is 0 Å². The van der Waals surface area contributed by atoms with Gasteiger partial charge in [-0.3, -0.25) is 10.1 Å². The molecule has 0 aliphatic heterocycles. The smallest absolute Gasteiger partial charge is 0.449 e. The third-order valence-corrected chi connectivity index (χ3v) is 1.27. The van der Waals surface area contributed by atoms with Gasteiger partial charge in [0, 0.05) is 0 Å². The average Bonchev–Trinajstić information content (AvgIpc) is 2.47. The first-order valence-electron chi connectivity index (χ1n) is 3.38. The lowest BCUT2D eigenvalue weighted by Crippen LogP contribution is -2.01. The lowest BCUT2D eigenvalue weighted by Gasteiger charge is -1.99. The fraction of sp³-hybridized carbons (Fsp3) is 0.143. The molecule has 0 unspecified atom stereocenters. The Morgan fingerprint density at radius 2 is 2.07 bits per heavy atom. The molecule has 0 aliphatic rings. The van der Waals surface area contributed by atoms with Crippen LogP contribution in [0, 0.1) is 10.1 Å². The minimum Gasteiger partial charge on any atom is -0.452 e. The highest BCUT2D eigenvalue weighted by Crippen LogP contribution is 2.30. The van der Waals surface area contributed by atoms with Crippen LogP contribution in [0.15, 0.2) is 22.7 Å². The second kappa shape index (κ2) is 3.52. The molecule has 4 nitrogen and oxygen atoms in total. The fourth-order valence-electron chi connectivity index (χ4n) is 0.729. The minimum absolute atomic E-state index is 0.214. The largest absolute Gasteiger partial charge is 0.452 e. The number of nitro groups is 1. The van der Waals surface area contributed by atoms with Crippen LogP contribution in [0.5, 0.6) is 0 Å². The molecular weight excluding hydrogens is 203 g/mol. The van der Waals surface area contributed by atoms with Gasteiger partial charge in [-0.1, -0.05) is 0 Å². The van der Waals surface area contributed by atoms with Crippen LogP contribution in [-0.2, 0) is 6.18 Å². The Balaban J connectivity index is 2.84. The van der Waals surface area contributed by atoms with Gasteiger partial charge in [0.1, 0.15) is 5.76 Å². The summed E-state index contributed by atoms with van der Waals surface area (Å²) in [6.45, 7) is 0. The summed E-state index contributed by atoms with van der Waals surface area (Å²) in [5, 5.41) is 9.83. The monoisotopic (exact) mass is 207 g/mol. The van der Waals surface area contributed by atoms with Gasteiger partial charge in [-0.15, -0.1) is 0 Å². The molecule has 0 atom stereocenters. The SMILES string of the molecule is O=[N+]([O-])/C=C/c1ccc(C(F)(F)F)o1. The van der Waals surface area contributed by atoms with Crippen molar-refractivity contribution in [3.05, 3.63) is 40.0 Å². The van der Waals surface area contributed by atoms with Crippen LogP contribution in [0.3, 0.4) is 0 Å². The summed E-state index contributed by atoms with van der Waals surface area (Å²) in [5.74, 6) is -1.39. The summed E-state index contributed by atoms with van der Waals surface area (Å²) >= 11 is 0. The van der Waals surface area contributed by atoms with Crippen molar-refractivity contribution in [2.24, 2.45) is 0 Å². The zero-order valence-corrected chi connectivity index (χ0v) is 6.62. The molecule has 1 aromatic heterocycles. The van der Waals surface area contributed by atoms with Gasteiger partial charge in [-0.05, 0) is 12.1 Å². The highest BCUT2D eigenvalue weighted by molar-refractivity contribution is 5.41. The Kier molecular flexibility index (Phi) is 2.59. The van der Waals surface area contributed by atoms with Crippen LogP contribution in [0.2, 0.25) is 0 Å². The van der Waals surface area contributed by atoms with Crippen LogP contribution >= 0.6 is 0 Å². The van der Waals surface area contributed by atoms with Crippen molar-refractivity contribution in [1.29, 1.82) is 0 Å². The zero-order chi connectivity index (χ0) is 10.8. The predicted molar refractivity (Wildman–Crippen MR) is 39.7 cm³/mol. The molecule has 0 aromatic carbocycles. The van der Waals surface area contributed by atoms with E-state index in [9.17, 15) is 23.3 Å². The summed E-state index contributed by atoms with van der Waals surface area (Å²) in [4.78, 5) is 9.04. The first-order valence-corrected chi connectivity index (χ1v) is 3.38. The summed E-state index contributed by atoms with van der Waals surface area (Å²) in [6, 6.07) is 1.71. The summed E-state index contributed by atoms with van der Waals surface area (Å²) in [7, 11) is 0. The van der Waals surface area contributed by atoms with Gasteiger partial charge in [0.05, 0.1) is 11.0 Å². The third-order valence-electron chi connectivity index (χ3n) is 1.27. The number of halogens is 3. The van der Waals surface area contributed by atoms with Crippen molar-refractivity contribution < 1.29 is 22.5 Å². The van der Waals surface area contributed by atoms with Gasteiger partial charge >= 0.3 is 6.18 Å². The number of alkyl halides is 3. The molecule has 0 spiro atoms. The van der Waals surface area contributed by atoms with Crippen LogP contribution in [-0.4, -0.2) is 4.92 Å². The van der Waals surface area contributed by atoms with E-state index >= 15 is 0 Å². The highest BCUT2D eigenvalue weighted by atomic mass is 19.4. The maximum absolute atomic E-state index is 11.9. The van der Waals surface area contributed by atoms with E-state index in [4.69, 9.17) is 0 Å². The van der Waals surface area contributed by atoms with Crippen LogP contribution in [0.1, 0.15) is 11.5 Å². The van der Waals surface area contributed by atoms with Gasteiger partial charge in [-0.2, -0.15) is 13.2 Å². The molecule has 0 fully saturated rings. The summed E-state index contributed by atoms with van der Waals surface area (Å²) < 4.78 is 40.1. The topological polar surface area (TPSA) is 56.3 Å². The molecule has 0 radical (unpaired) electrons. The number of rotatable bonds is 2. The molecule has 0 saturated heterocycles. The normalized spacial score (nSPS) is 12.2. The van der Waals surface area contributed by atoms with Crippen LogP contribution in [0.4, 0.5) is 13.2 Å². The lowest BCUT2D eigenvalue weighted by molar-refractivity contribution is -0.401. The van der Waals surface area contributed by atoms with E-state index in [1.165, 1.54) is 0 Å². The maximum Gasteiger partial charge on any atom is 0.449 e. The Bertz CT molecular complexity index is 367. The molecular formula is C7H4F3NO3. The van der Waals surface area contributed by atoms with Gasteiger partial charge in [-0.25, -0.2) is 0 Å². The van der Waals surface area contributed by atoms with Crippen molar-refractivity contribution in [3.63, 3.8) is 0 Å². The van der Waals surface area contributed by atoms with Crippen molar-refractivity contribution in [2.75, 3.05) is 0 Å². The van der Waals surface area contributed by atoms with E-state index in [2.05, 4.69) is 4.42 Å². The average molecular weight is 207 g/mol. The Morgan fingerprint density at radius 1 is 1.43 bits per heavy atom. The molecule has 14 heavy (non-hydrogen) atoms.